The molecule has 0 bridgehead atoms. The van der Waals surface area contributed by atoms with E-state index in [0.717, 1.165) is 23.1 Å². The number of hydrogen-bond acceptors (Lipinski definition) is 4. The largest absolute Gasteiger partial charge is 0.418 e. The Morgan fingerprint density at radius 2 is 1.80 bits per heavy atom. The smallest absolute Gasteiger partial charge is 0.398 e. The summed E-state index contributed by atoms with van der Waals surface area (Å²) in [7, 11) is 0. The Kier molecular flexibility index (Phi) is 4.54. The number of hydrogen-bond donors (Lipinski definition) is 1. The molecule has 1 rings (SSSR count). The van der Waals surface area contributed by atoms with Crippen LogP contribution in [0.4, 0.5) is 18.9 Å². The molecule has 2 N–H and O–H groups in total. The Morgan fingerprint density at radius 3 is 2.25 bits per heavy atom. The van der Waals surface area contributed by atoms with E-state index in [2.05, 4.69) is 0 Å². The van der Waals surface area contributed by atoms with Crippen LogP contribution in [0.5, 0.6) is 0 Å². The number of carbonyl (C=O) groups excluding carboxylic acids is 1. The molecule has 20 heavy (non-hydrogen) atoms. The third-order valence-corrected chi connectivity index (χ3v) is 2.45. The van der Waals surface area contributed by atoms with E-state index in [4.69, 9.17) is 16.3 Å². The number of para-hydroxylation sites is 1. The topological polar surface area (TPSA) is 93.9 Å². The van der Waals surface area contributed by atoms with Crippen molar-refractivity contribution in [3.8, 4) is 12.1 Å². The Labute approximate surface area is 112 Å². The molecule has 1 aromatic carbocycles. The van der Waals surface area contributed by atoms with Gasteiger partial charge in [-0.15, -0.1) is 0 Å². The lowest BCUT2D eigenvalue weighted by molar-refractivity contribution is -0.136. The predicted octanol–water partition coefficient (Wildman–Crippen LogP) is 1.78. The molecule has 0 radical (unpaired) electrons. The fourth-order valence-electron chi connectivity index (χ4n) is 1.54. The molecule has 0 heterocycles. The van der Waals surface area contributed by atoms with Crippen molar-refractivity contribution in [2.45, 2.75) is 6.18 Å². The third-order valence-electron chi connectivity index (χ3n) is 2.45. The van der Waals surface area contributed by atoms with Crippen molar-refractivity contribution in [3.05, 3.63) is 29.3 Å². The van der Waals surface area contributed by atoms with Crippen LogP contribution in [-0.4, -0.2) is 23.9 Å². The monoisotopic (exact) mass is 282 g/mol. The number of halogens is 3. The van der Waals surface area contributed by atoms with E-state index in [-0.39, 0.29) is 5.56 Å². The van der Waals surface area contributed by atoms with Crippen LogP contribution < -0.4 is 5.73 Å². The Hall–Kier alpha value is -2.74. The summed E-state index contributed by atoms with van der Waals surface area (Å²) in [6.07, 6.45) is -4.68. The van der Waals surface area contributed by atoms with Crippen LogP contribution in [-0.2, 0) is 6.18 Å². The van der Waals surface area contributed by atoms with Crippen LogP contribution in [0, 0.1) is 22.7 Å². The van der Waals surface area contributed by atoms with Crippen LogP contribution in [0.1, 0.15) is 15.9 Å². The number of rotatable bonds is 3. The fourth-order valence-corrected chi connectivity index (χ4v) is 1.54. The molecule has 1 amide bonds. The van der Waals surface area contributed by atoms with Gasteiger partial charge in [0.25, 0.3) is 5.91 Å². The number of nitrogens with zero attached hydrogens (tertiary/aromatic N) is 3. The summed E-state index contributed by atoms with van der Waals surface area (Å²) >= 11 is 0. The zero-order valence-corrected chi connectivity index (χ0v) is 10.1. The normalized spacial score (nSPS) is 10.4. The molecule has 0 saturated heterocycles. The second kappa shape index (κ2) is 5.93. The van der Waals surface area contributed by atoms with Crippen molar-refractivity contribution in [1.29, 1.82) is 10.5 Å². The minimum absolute atomic E-state index is 0.384. The van der Waals surface area contributed by atoms with Crippen LogP contribution in [0.2, 0.25) is 0 Å². The van der Waals surface area contributed by atoms with Crippen LogP contribution >= 0.6 is 0 Å². The lowest BCUT2D eigenvalue weighted by Gasteiger charge is -2.18. The van der Waals surface area contributed by atoms with E-state index in [9.17, 15) is 18.0 Å². The summed E-state index contributed by atoms with van der Waals surface area (Å²) in [5.74, 6) is -0.892. The number of carbonyl (C=O) groups is 1. The highest BCUT2D eigenvalue weighted by Gasteiger charge is 2.34. The average molecular weight is 282 g/mol. The van der Waals surface area contributed by atoms with Gasteiger partial charge in [0.15, 0.2) is 0 Å². The number of anilines is 1. The summed E-state index contributed by atoms with van der Waals surface area (Å²) in [6, 6.07) is 6.24. The molecule has 0 aromatic heterocycles. The van der Waals surface area contributed by atoms with Crippen LogP contribution in [0.25, 0.3) is 0 Å². The van der Waals surface area contributed by atoms with Crippen LogP contribution in [0.3, 0.4) is 0 Å². The maximum absolute atomic E-state index is 12.7. The van der Waals surface area contributed by atoms with Gasteiger partial charge in [-0.25, -0.2) is 0 Å². The zero-order valence-electron chi connectivity index (χ0n) is 10.1. The van der Waals surface area contributed by atoms with Crippen molar-refractivity contribution < 1.29 is 18.0 Å². The van der Waals surface area contributed by atoms with Crippen molar-refractivity contribution in [1.82, 2.24) is 4.90 Å². The SMILES string of the molecule is N#CCN(CC#N)C(=O)c1cccc(C(F)(F)F)c1N. The molecule has 0 atom stereocenters. The molecular weight excluding hydrogens is 273 g/mol. The maximum atomic E-state index is 12.7. The number of nitriles is 2. The number of nitrogen functional groups attached to an aromatic ring is 1. The van der Waals surface area contributed by atoms with E-state index < -0.39 is 36.4 Å². The molecule has 0 aliphatic carbocycles. The minimum atomic E-state index is -4.68. The summed E-state index contributed by atoms with van der Waals surface area (Å²) in [5.41, 5.74) is 3.14. The van der Waals surface area contributed by atoms with Gasteiger partial charge in [0.05, 0.1) is 29.0 Å². The molecule has 5 nitrogen and oxygen atoms in total. The van der Waals surface area contributed by atoms with Gasteiger partial charge in [0.1, 0.15) is 13.1 Å². The van der Waals surface area contributed by atoms with Crippen molar-refractivity contribution in [2.24, 2.45) is 0 Å². The van der Waals surface area contributed by atoms with Gasteiger partial charge < -0.3 is 10.6 Å². The number of amides is 1. The van der Waals surface area contributed by atoms with Crippen molar-refractivity contribution >= 4 is 11.6 Å². The highest BCUT2D eigenvalue weighted by atomic mass is 19.4. The molecule has 0 fully saturated rings. The molecular formula is C12H9F3N4O. The molecule has 0 unspecified atom stereocenters. The first-order valence-electron chi connectivity index (χ1n) is 5.31. The lowest BCUT2D eigenvalue weighted by Crippen LogP contribution is -2.32. The van der Waals surface area contributed by atoms with E-state index >= 15 is 0 Å². The number of nitrogens with two attached hydrogens (primary N) is 1. The third kappa shape index (κ3) is 3.18. The minimum Gasteiger partial charge on any atom is -0.398 e. The van der Waals surface area contributed by atoms with Gasteiger partial charge in [0.2, 0.25) is 0 Å². The fraction of sp³-hybridized carbons (Fsp3) is 0.250. The first-order valence-corrected chi connectivity index (χ1v) is 5.31. The molecule has 0 saturated carbocycles. The molecule has 0 aliphatic heterocycles. The molecule has 8 heteroatoms. The Morgan fingerprint density at radius 1 is 1.25 bits per heavy atom. The predicted molar refractivity (Wildman–Crippen MR) is 63.0 cm³/mol. The lowest BCUT2D eigenvalue weighted by atomic mass is 10.1. The van der Waals surface area contributed by atoms with E-state index in [0.29, 0.717) is 0 Å². The first kappa shape index (κ1) is 15.3. The summed E-state index contributed by atoms with van der Waals surface area (Å²) in [4.78, 5) is 12.8. The highest BCUT2D eigenvalue weighted by molar-refractivity contribution is 6.00. The second-order valence-corrected chi connectivity index (χ2v) is 3.74. The Bertz CT molecular complexity index is 582. The van der Waals surface area contributed by atoms with E-state index in [1.807, 2.05) is 0 Å². The summed E-state index contributed by atoms with van der Waals surface area (Å²) < 4.78 is 38.0. The Balaban J connectivity index is 3.24. The standard InChI is InChI=1S/C12H9F3N4O/c13-12(14,15)9-3-1-2-8(10(9)18)11(20)19(6-4-16)7-5-17/h1-3H,6-7,18H2. The van der Waals surface area contributed by atoms with Gasteiger partial charge in [0, 0.05) is 0 Å². The second-order valence-electron chi connectivity index (χ2n) is 3.74. The summed E-state index contributed by atoms with van der Waals surface area (Å²) in [6.45, 7) is -0.829. The quantitative estimate of drug-likeness (QED) is 0.675. The van der Waals surface area contributed by atoms with Gasteiger partial charge >= 0.3 is 6.18 Å². The van der Waals surface area contributed by atoms with Gasteiger partial charge in [-0.05, 0) is 12.1 Å². The van der Waals surface area contributed by atoms with E-state index in [1.165, 1.54) is 0 Å². The van der Waals surface area contributed by atoms with Crippen molar-refractivity contribution in [3.63, 3.8) is 0 Å². The number of alkyl halides is 3. The summed E-state index contributed by atoms with van der Waals surface area (Å²) in [5, 5.41) is 17.1. The maximum Gasteiger partial charge on any atom is 0.418 e. The average Bonchev–Trinajstić information content (AvgIpc) is 2.36. The van der Waals surface area contributed by atoms with Crippen LogP contribution in [0.15, 0.2) is 18.2 Å². The van der Waals surface area contributed by atoms with Crippen molar-refractivity contribution in [2.75, 3.05) is 18.8 Å². The highest BCUT2D eigenvalue weighted by Crippen LogP contribution is 2.35. The van der Waals surface area contributed by atoms with Gasteiger partial charge in [-0.2, -0.15) is 23.7 Å². The van der Waals surface area contributed by atoms with Gasteiger partial charge in [-0.1, -0.05) is 6.07 Å². The van der Waals surface area contributed by atoms with Gasteiger partial charge in [-0.3, -0.25) is 4.79 Å². The first-order chi connectivity index (χ1) is 9.32. The molecule has 0 aliphatic rings. The molecule has 0 spiro atoms. The zero-order chi connectivity index (χ0) is 15.3. The molecule has 1 aromatic rings. The van der Waals surface area contributed by atoms with E-state index in [1.54, 1.807) is 12.1 Å². The molecule has 104 valence electrons. The number of benzene rings is 1.